The molecule has 1 heterocycles. The number of anilines is 1. The first-order valence-electron chi connectivity index (χ1n) is 6.04. The molecule has 7 nitrogen and oxygen atoms in total. The zero-order valence-electron chi connectivity index (χ0n) is 12.0. The second-order valence-corrected chi connectivity index (χ2v) is 6.87. The molecule has 0 aromatic carbocycles. The highest BCUT2D eigenvalue weighted by atomic mass is 32.2. The van der Waals surface area contributed by atoms with E-state index in [4.69, 9.17) is 0 Å². The number of amides is 1. The summed E-state index contributed by atoms with van der Waals surface area (Å²) in [4.78, 5) is 15.9. The highest BCUT2D eigenvalue weighted by molar-refractivity contribution is 7.88. The van der Waals surface area contributed by atoms with E-state index in [-0.39, 0.29) is 12.5 Å². The Bertz CT molecular complexity index is 567. The van der Waals surface area contributed by atoms with Crippen molar-refractivity contribution in [3.63, 3.8) is 0 Å². The lowest BCUT2D eigenvalue weighted by atomic mass is 10.1. The quantitative estimate of drug-likeness (QED) is 0.696. The largest absolute Gasteiger partial charge is 0.373 e. The molecule has 0 fully saturated rings. The lowest BCUT2D eigenvalue weighted by molar-refractivity contribution is 0.0944. The molecule has 0 saturated heterocycles. The van der Waals surface area contributed by atoms with Crippen LogP contribution in [0.4, 0.5) is 5.82 Å². The van der Waals surface area contributed by atoms with Crippen molar-refractivity contribution >= 4 is 21.7 Å². The molecule has 1 amide bonds. The molecular formula is C12H20N4O3S. The van der Waals surface area contributed by atoms with Crippen molar-refractivity contribution in [2.75, 3.05) is 25.2 Å². The second kappa shape index (κ2) is 6.19. The smallest absolute Gasteiger partial charge is 0.252 e. The van der Waals surface area contributed by atoms with Gasteiger partial charge in [0.2, 0.25) is 10.0 Å². The molecule has 20 heavy (non-hydrogen) atoms. The third-order valence-electron chi connectivity index (χ3n) is 2.43. The molecule has 0 spiro atoms. The molecule has 0 aliphatic carbocycles. The molecular weight excluding hydrogens is 280 g/mol. The van der Waals surface area contributed by atoms with E-state index in [1.807, 2.05) is 0 Å². The van der Waals surface area contributed by atoms with E-state index >= 15 is 0 Å². The molecule has 0 radical (unpaired) electrons. The Balaban J connectivity index is 2.62. The number of nitrogens with one attached hydrogen (secondary N) is 3. The van der Waals surface area contributed by atoms with Gasteiger partial charge in [-0.05, 0) is 26.0 Å². The topological polar surface area (TPSA) is 100 Å². The van der Waals surface area contributed by atoms with Crippen LogP contribution in [0.25, 0.3) is 0 Å². The zero-order chi connectivity index (χ0) is 15.4. The van der Waals surface area contributed by atoms with Crippen molar-refractivity contribution in [2.45, 2.75) is 19.4 Å². The van der Waals surface area contributed by atoms with Gasteiger partial charge in [-0.15, -0.1) is 0 Å². The maximum absolute atomic E-state index is 11.9. The van der Waals surface area contributed by atoms with Gasteiger partial charge in [-0.1, -0.05) is 0 Å². The number of hydrogen-bond donors (Lipinski definition) is 3. The first-order chi connectivity index (χ1) is 9.13. The van der Waals surface area contributed by atoms with E-state index in [0.29, 0.717) is 11.4 Å². The number of nitrogens with zero attached hydrogens (tertiary/aromatic N) is 1. The molecule has 0 bridgehead atoms. The summed E-state index contributed by atoms with van der Waals surface area (Å²) in [6.45, 7) is 3.56. The Morgan fingerprint density at radius 1 is 1.35 bits per heavy atom. The van der Waals surface area contributed by atoms with Crippen LogP contribution in [0.5, 0.6) is 0 Å². The van der Waals surface area contributed by atoms with Gasteiger partial charge in [0.15, 0.2) is 0 Å². The molecule has 0 unspecified atom stereocenters. The van der Waals surface area contributed by atoms with E-state index < -0.39 is 15.6 Å². The molecule has 0 aliphatic heterocycles. The highest BCUT2D eigenvalue weighted by Crippen LogP contribution is 2.06. The number of carbonyl (C=O) groups is 1. The fourth-order valence-corrected chi connectivity index (χ4v) is 2.69. The lowest BCUT2D eigenvalue weighted by Crippen LogP contribution is -2.51. The minimum absolute atomic E-state index is 0.173. The van der Waals surface area contributed by atoms with Crippen LogP contribution in [0.15, 0.2) is 18.3 Å². The van der Waals surface area contributed by atoms with Gasteiger partial charge in [0.25, 0.3) is 5.91 Å². The monoisotopic (exact) mass is 300 g/mol. The maximum Gasteiger partial charge on any atom is 0.252 e. The number of hydrogen-bond acceptors (Lipinski definition) is 5. The van der Waals surface area contributed by atoms with Gasteiger partial charge in [0, 0.05) is 25.3 Å². The van der Waals surface area contributed by atoms with Gasteiger partial charge in [0.1, 0.15) is 5.82 Å². The normalized spacial score (nSPS) is 12.0. The first kappa shape index (κ1) is 16.4. The van der Waals surface area contributed by atoms with Crippen LogP contribution in [0.2, 0.25) is 0 Å². The summed E-state index contributed by atoms with van der Waals surface area (Å²) in [6.07, 6.45) is 2.54. The van der Waals surface area contributed by atoms with Crippen LogP contribution in [0.1, 0.15) is 24.2 Å². The number of aromatic nitrogens is 1. The third-order valence-corrected chi connectivity index (χ3v) is 3.36. The van der Waals surface area contributed by atoms with E-state index in [1.54, 1.807) is 33.0 Å². The molecule has 112 valence electrons. The summed E-state index contributed by atoms with van der Waals surface area (Å²) in [7, 11) is -1.59. The second-order valence-electron chi connectivity index (χ2n) is 5.12. The van der Waals surface area contributed by atoms with Gasteiger partial charge < -0.3 is 10.6 Å². The molecule has 3 N–H and O–H groups in total. The standard InChI is InChI=1S/C12H20N4O3S/c1-12(2,16-20(4,18)19)8-15-11(17)9-5-6-10(13-3)14-7-9/h5-7,16H,8H2,1-4H3,(H,13,14)(H,15,17). The summed E-state index contributed by atoms with van der Waals surface area (Å²) in [6, 6.07) is 3.33. The highest BCUT2D eigenvalue weighted by Gasteiger charge is 2.23. The van der Waals surface area contributed by atoms with Crippen molar-refractivity contribution in [1.82, 2.24) is 15.0 Å². The number of pyridine rings is 1. The summed E-state index contributed by atoms with van der Waals surface area (Å²) in [5.41, 5.74) is -0.346. The SMILES string of the molecule is CNc1ccc(C(=O)NCC(C)(C)NS(C)(=O)=O)cn1. The third kappa shape index (κ3) is 5.54. The zero-order valence-corrected chi connectivity index (χ0v) is 12.8. The predicted molar refractivity (Wildman–Crippen MR) is 78.2 cm³/mol. The molecule has 1 rings (SSSR count). The van der Waals surface area contributed by atoms with E-state index in [9.17, 15) is 13.2 Å². The van der Waals surface area contributed by atoms with Crippen LogP contribution in [-0.2, 0) is 10.0 Å². The van der Waals surface area contributed by atoms with E-state index in [0.717, 1.165) is 6.26 Å². The number of sulfonamides is 1. The van der Waals surface area contributed by atoms with Crippen molar-refractivity contribution in [3.8, 4) is 0 Å². The summed E-state index contributed by atoms with van der Waals surface area (Å²) in [5, 5.41) is 5.53. The van der Waals surface area contributed by atoms with Gasteiger partial charge in [0.05, 0.1) is 11.8 Å². The number of carbonyl (C=O) groups excluding carboxylic acids is 1. The van der Waals surface area contributed by atoms with Crippen LogP contribution >= 0.6 is 0 Å². The Labute approximate surface area is 119 Å². The van der Waals surface area contributed by atoms with Crippen LogP contribution in [-0.4, -0.2) is 44.7 Å². The molecule has 0 atom stereocenters. The summed E-state index contributed by atoms with van der Waals surface area (Å²) < 4.78 is 24.8. The van der Waals surface area contributed by atoms with Crippen molar-refractivity contribution in [3.05, 3.63) is 23.9 Å². The predicted octanol–water partition coefficient (Wildman–Crippen LogP) is 0.181. The molecule has 0 saturated carbocycles. The molecule has 8 heteroatoms. The fourth-order valence-electron chi connectivity index (χ4n) is 1.62. The fraction of sp³-hybridized carbons (Fsp3) is 0.500. The Morgan fingerprint density at radius 2 is 2.00 bits per heavy atom. The van der Waals surface area contributed by atoms with Crippen molar-refractivity contribution in [2.24, 2.45) is 0 Å². The van der Waals surface area contributed by atoms with Crippen molar-refractivity contribution in [1.29, 1.82) is 0 Å². The van der Waals surface area contributed by atoms with E-state index in [2.05, 4.69) is 20.3 Å². The Hall–Kier alpha value is -1.67. The van der Waals surface area contributed by atoms with Crippen LogP contribution in [0.3, 0.4) is 0 Å². The Kier molecular flexibility index (Phi) is 5.07. The van der Waals surface area contributed by atoms with Gasteiger partial charge in [-0.2, -0.15) is 0 Å². The molecule has 0 aliphatic rings. The van der Waals surface area contributed by atoms with Crippen LogP contribution < -0.4 is 15.4 Å². The summed E-state index contributed by atoms with van der Waals surface area (Å²) in [5.74, 6) is 0.365. The molecule has 1 aromatic heterocycles. The minimum Gasteiger partial charge on any atom is -0.373 e. The first-order valence-corrected chi connectivity index (χ1v) is 7.93. The van der Waals surface area contributed by atoms with Gasteiger partial charge in [-0.25, -0.2) is 18.1 Å². The average molecular weight is 300 g/mol. The van der Waals surface area contributed by atoms with Crippen molar-refractivity contribution < 1.29 is 13.2 Å². The molecule has 1 aromatic rings. The minimum atomic E-state index is -3.33. The summed E-state index contributed by atoms with van der Waals surface area (Å²) >= 11 is 0. The Morgan fingerprint density at radius 3 is 2.45 bits per heavy atom. The van der Waals surface area contributed by atoms with Gasteiger partial charge >= 0.3 is 0 Å². The lowest BCUT2D eigenvalue weighted by Gasteiger charge is -2.25. The van der Waals surface area contributed by atoms with Gasteiger partial charge in [-0.3, -0.25) is 4.79 Å². The number of rotatable bonds is 6. The maximum atomic E-state index is 11.9. The van der Waals surface area contributed by atoms with E-state index in [1.165, 1.54) is 6.20 Å². The van der Waals surface area contributed by atoms with Crippen LogP contribution in [0, 0.1) is 0 Å². The average Bonchev–Trinajstić information content (AvgIpc) is 2.33.